The maximum Gasteiger partial charge on any atom is 0.191 e. The molecule has 0 fully saturated rings. The normalized spacial score (nSPS) is 11.2. The Bertz CT molecular complexity index is 583. The van der Waals surface area contributed by atoms with Crippen molar-refractivity contribution < 1.29 is 0 Å². The lowest BCUT2D eigenvalue weighted by Gasteiger charge is -2.10. The Balaban J connectivity index is 0.00000242. The van der Waals surface area contributed by atoms with Crippen LogP contribution < -0.4 is 10.6 Å². The number of rotatable bonds is 5. The largest absolute Gasteiger partial charge is 0.351 e. The molecule has 0 aromatic carbocycles. The molecule has 2 N–H and O–H groups in total. The third-order valence-electron chi connectivity index (χ3n) is 2.89. The molecule has 120 valence electrons. The summed E-state index contributed by atoms with van der Waals surface area (Å²) < 4.78 is 0. The van der Waals surface area contributed by atoms with E-state index in [4.69, 9.17) is 0 Å². The number of nitrogens with one attached hydrogen (secondary N) is 2. The highest BCUT2D eigenvalue weighted by molar-refractivity contribution is 14.0. The van der Waals surface area contributed by atoms with Crippen LogP contribution in [-0.2, 0) is 13.1 Å². The molecule has 0 radical (unpaired) electrons. The van der Waals surface area contributed by atoms with Crippen LogP contribution >= 0.6 is 35.3 Å². The fourth-order valence-electron chi connectivity index (χ4n) is 1.74. The van der Waals surface area contributed by atoms with Crippen molar-refractivity contribution in [2.45, 2.75) is 32.9 Å². The average molecular weight is 431 g/mol. The second-order valence-electron chi connectivity index (χ2n) is 4.93. The van der Waals surface area contributed by atoms with E-state index in [1.807, 2.05) is 18.2 Å². The highest BCUT2D eigenvalue weighted by atomic mass is 127. The van der Waals surface area contributed by atoms with Gasteiger partial charge < -0.3 is 10.6 Å². The quantitative estimate of drug-likeness (QED) is 0.434. The topological polar surface area (TPSA) is 62.2 Å². The van der Waals surface area contributed by atoms with Crippen molar-refractivity contribution in [3.63, 3.8) is 0 Å². The van der Waals surface area contributed by atoms with E-state index in [1.165, 1.54) is 5.01 Å². The van der Waals surface area contributed by atoms with E-state index in [2.05, 4.69) is 44.8 Å². The van der Waals surface area contributed by atoms with Crippen molar-refractivity contribution in [2.24, 2.45) is 4.99 Å². The predicted octanol–water partition coefficient (Wildman–Crippen LogP) is 3.14. The van der Waals surface area contributed by atoms with Gasteiger partial charge in [-0.2, -0.15) is 0 Å². The van der Waals surface area contributed by atoms with Crippen molar-refractivity contribution >= 4 is 41.3 Å². The van der Waals surface area contributed by atoms with Crippen LogP contribution in [0, 0.1) is 0 Å². The minimum atomic E-state index is 0. The van der Waals surface area contributed by atoms with E-state index >= 15 is 0 Å². The molecule has 0 saturated heterocycles. The van der Waals surface area contributed by atoms with Gasteiger partial charge in [0, 0.05) is 24.5 Å². The number of hydrogen-bond donors (Lipinski definition) is 2. The molecule has 0 atom stereocenters. The summed E-state index contributed by atoms with van der Waals surface area (Å²) in [7, 11) is 1.76. The summed E-state index contributed by atoms with van der Waals surface area (Å²) in [5.41, 5.74) is 2.03. The van der Waals surface area contributed by atoms with Crippen LogP contribution in [0.15, 0.2) is 34.8 Å². The Morgan fingerprint density at radius 2 is 1.95 bits per heavy atom. The Hall–Kier alpha value is -1.22. The number of pyridine rings is 1. The molecule has 0 aliphatic rings. The molecule has 0 amide bonds. The highest BCUT2D eigenvalue weighted by Gasteiger charge is 2.06. The summed E-state index contributed by atoms with van der Waals surface area (Å²) in [6.45, 7) is 5.63. The molecule has 0 saturated carbocycles. The summed E-state index contributed by atoms with van der Waals surface area (Å²) in [6.07, 6.45) is 1.79. The Morgan fingerprint density at radius 3 is 2.50 bits per heavy atom. The fraction of sp³-hybridized carbons (Fsp3) is 0.400. The summed E-state index contributed by atoms with van der Waals surface area (Å²) in [4.78, 5) is 13.1. The van der Waals surface area contributed by atoms with Gasteiger partial charge in [0.1, 0.15) is 0 Å². The predicted molar refractivity (Wildman–Crippen MR) is 103 cm³/mol. The Kier molecular flexibility index (Phi) is 8.32. The standard InChI is InChI=1S/C15H21N5S.HI/c1-11(2)14-20-13(10-21-14)9-19-15(16-3)18-8-12-6-4-5-7-17-12;/h4-7,10-11H,8-9H2,1-3H3,(H2,16,18,19);1H. The van der Waals surface area contributed by atoms with Gasteiger partial charge in [-0.1, -0.05) is 19.9 Å². The van der Waals surface area contributed by atoms with Gasteiger partial charge in [-0.25, -0.2) is 4.98 Å². The van der Waals surface area contributed by atoms with Gasteiger partial charge in [0.15, 0.2) is 5.96 Å². The number of aromatic nitrogens is 2. The SMILES string of the molecule is CN=C(NCc1ccccn1)NCc1csc(C(C)C)n1.I. The van der Waals surface area contributed by atoms with Gasteiger partial charge in [0.05, 0.1) is 29.5 Å². The first-order valence-electron chi connectivity index (χ1n) is 6.97. The van der Waals surface area contributed by atoms with Crippen LogP contribution in [0.25, 0.3) is 0 Å². The molecule has 0 unspecified atom stereocenters. The third kappa shape index (κ3) is 5.88. The molecule has 2 rings (SSSR count). The number of aliphatic imine (C=N–C) groups is 1. The van der Waals surface area contributed by atoms with E-state index in [-0.39, 0.29) is 24.0 Å². The van der Waals surface area contributed by atoms with Crippen molar-refractivity contribution in [1.29, 1.82) is 0 Å². The molecule has 0 bridgehead atoms. The molecule has 2 aromatic rings. The van der Waals surface area contributed by atoms with Crippen molar-refractivity contribution in [1.82, 2.24) is 20.6 Å². The minimum absolute atomic E-state index is 0. The fourth-order valence-corrected chi connectivity index (χ4v) is 2.58. The van der Waals surface area contributed by atoms with Crippen molar-refractivity contribution in [3.8, 4) is 0 Å². The van der Waals surface area contributed by atoms with Crippen LogP contribution in [-0.4, -0.2) is 23.0 Å². The number of nitrogens with zero attached hydrogens (tertiary/aromatic N) is 3. The van der Waals surface area contributed by atoms with Crippen LogP contribution in [0.3, 0.4) is 0 Å². The first-order valence-corrected chi connectivity index (χ1v) is 7.85. The molecule has 2 aromatic heterocycles. The van der Waals surface area contributed by atoms with E-state index in [0.717, 1.165) is 17.3 Å². The van der Waals surface area contributed by atoms with Crippen LogP contribution in [0.5, 0.6) is 0 Å². The van der Waals surface area contributed by atoms with Crippen LogP contribution in [0.1, 0.15) is 36.2 Å². The second kappa shape index (κ2) is 9.73. The van der Waals surface area contributed by atoms with E-state index in [9.17, 15) is 0 Å². The number of thiazole rings is 1. The molecular weight excluding hydrogens is 409 g/mol. The first kappa shape index (κ1) is 18.8. The van der Waals surface area contributed by atoms with Gasteiger partial charge in [-0.15, -0.1) is 35.3 Å². The van der Waals surface area contributed by atoms with Crippen molar-refractivity contribution in [2.75, 3.05) is 7.05 Å². The van der Waals surface area contributed by atoms with E-state index in [1.54, 1.807) is 24.6 Å². The lowest BCUT2D eigenvalue weighted by atomic mass is 10.2. The lowest BCUT2D eigenvalue weighted by Crippen LogP contribution is -2.36. The van der Waals surface area contributed by atoms with Crippen molar-refractivity contribution in [3.05, 3.63) is 46.2 Å². The average Bonchev–Trinajstić information content (AvgIpc) is 2.98. The molecule has 2 heterocycles. The maximum atomic E-state index is 4.60. The van der Waals surface area contributed by atoms with Gasteiger partial charge in [-0.3, -0.25) is 9.98 Å². The molecule has 0 aliphatic carbocycles. The van der Waals surface area contributed by atoms with E-state index in [0.29, 0.717) is 19.0 Å². The smallest absolute Gasteiger partial charge is 0.191 e. The zero-order valence-electron chi connectivity index (χ0n) is 13.0. The number of guanidine groups is 1. The third-order valence-corrected chi connectivity index (χ3v) is 4.08. The van der Waals surface area contributed by atoms with Gasteiger partial charge >= 0.3 is 0 Å². The molecule has 5 nitrogen and oxygen atoms in total. The molecular formula is C15H22IN5S. The zero-order chi connectivity index (χ0) is 15.1. The van der Waals surface area contributed by atoms with Gasteiger partial charge in [-0.05, 0) is 12.1 Å². The molecule has 0 aliphatic heterocycles. The minimum Gasteiger partial charge on any atom is -0.351 e. The summed E-state index contributed by atoms with van der Waals surface area (Å²) >= 11 is 1.71. The Labute approximate surface area is 152 Å². The lowest BCUT2D eigenvalue weighted by molar-refractivity contribution is 0.775. The summed E-state index contributed by atoms with van der Waals surface area (Å²) in [6, 6.07) is 5.86. The zero-order valence-corrected chi connectivity index (χ0v) is 16.2. The molecule has 22 heavy (non-hydrogen) atoms. The monoisotopic (exact) mass is 431 g/mol. The number of halogens is 1. The van der Waals surface area contributed by atoms with E-state index < -0.39 is 0 Å². The van der Waals surface area contributed by atoms with Gasteiger partial charge in [0.25, 0.3) is 0 Å². The molecule has 0 spiro atoms. The second-order valence-corrected chi connectivity index (χ2v) is 5.82. The first-order chi connectivity index (χ1) is 10.2. The number of hydrogen-bond acceptors (Lipinski definition) is 4. The maximum absolute atomic E-state index is 4.60. The van der Waals surface area contributed by atoms with Crippen LogP contribution in [0.4, 0.5) is 0 Å². The van der Waals surface area contributed by atoms with Crippen LogP contribution in [0.2, 0.25) is 0 Å². The highest BCUT2D eigenvalue weighted by Crippen LogP contribution is 2.18. The molecule has 7 heteroatoms. The van der Waals surface area contributed by atoms with Gasteiger partial charge in [0.2, 0.25) is 0 Å². The summed E-state index contributed by atoms with van der Waals surface area (Å²) in [5.74, 6) is 1.23. The Morgan fingerprint density at radius 1 is 1.23 bits per heavy atom. The summed E-state index contributed by atoms with van der Waals surface area (Å²) in [5, 5.41) is 9.76.